The number of rotatable bonds is 7. The summed E-state index contributed by atoms with van der Waals surface area (Å²) in [7, 11) is 0. The number of aryl methyl sites for hydroxylation is 1. The molecule has 3 aromatic rings. The molecule has 1 aromatic carbocycles. The third kappa shape index (κ3) is 4.12. The molecular weight excluding hydrogens is 366 g/mol. The predicted octanol–water partition coefficient (Wildman–Crippen LogP) is 2.11. The van der Waals surface area contributed by atoms with Crippen molar-refractivity contribution in [3.63, 3.8) is 0 Å². The average Bonchev–Trinajstić information content (AvgIpc) is 3.30. The van der Waals surface area contributed by atoms with Crippen LogP contribution in [-0.4, -0.2) is 28.8 Å². The van der Waals surface area contributed by atoms with Gasteiger partial charge >= 0.3 is 0 Å². The van der Waals surface area contributed by atoms with Crippen molar-refractivity contribution in [3.05, 3.63) is 64.7 Å². The molecule has 138 valence electrons. The summed E-state index contributed by atoms with van der Waals surface area (Å²) in [5.74, 6) is -2.19. The highest BCUT2D eigenvalue weighted by molar-refractivity contribution is 7.13. The van der Waals surface area contributed by atoms with Gasteiger partial charge in [0, 0.05) is 6.42 Å². The van der Waals surface area contributed by atoms with Gasteiger partial charge in [-0.2, -0.15) is 0 Å². The second-order valence-electron chi connectivity index (χ2n) is 5.89. The Hall–Kier alpha value is -3.26. The molecule has 0 spiro atoms. The Kier molecular flexibility index (Phi) is 5.46. The summed E-state index contributed by atoms with van der Waals surface area (Å²) in [6.45, 7) is 1.64. The van der Waals surface area contributed by atoms with Gasteiger partial charge in [0.2, 0.25) is 5.78 Å². The standard InChI is InChI=1S/C19H17N3O4S/c1-11-15(17(26-22-11)14-8-5-9-27-14)19(25)21-13(16(23)18(20)24)10-12-6-3-2-4-7-12/h2-9,13H,10H2,1H3,(H2,20,24)(H,21,25). The molecule has 8 heteroatoms. The molecule has 0 aliphatic heterocycles. The van der Waals surface area contributed by atoms with Gasteiger partial charge in [0.25, 0.3) is 11.8 Å². The lowest BCUT2D eigenvalue weighted by molar-refractivity contribution is -0.137. The highest BCUT2D eigenvalue weighted by Gasteiger charge is 2.29. The molecule has 2 heterocycles. The number of benzene rings is 1. The van der Waals surface area contributed by atoms with Crippen molar-refractivity contribution >= 4 is 28.9 Å². The van der Waals surface area contributed by atoms with E-state index in [9.17, 15) is 14.4 Å². The van der Waals surface area contributed by atoms with Crippen molar-refractivity contribution in [2.75, 3.05) is 0 Å². The largest absolute Gasteiger partial charge is 0.363 e. The van der Waals surface area contributed by atoms with E-state index in [0.717, 1.165) is 10.4 Å². The molecule has 7 nitrogen and oxygen atoms in total. The van der Waals surface area contributed by atoms with Gasteiger partial charge in [-0.1, -0.05) is 41.6 Å². The topological polar surface area (TPSA) is 115 Å². The smallest absolute Gasteiger partial charge is 0.287 e. The fourth-order valence-electron chi connectivity index (χ4n) is 2.67. The second kappa shape index (κ2) is 7.96. The van der Waals surface area contributed by atoms with Crippen molar-refractivity contribution in [1.82, 2.24) is 10.5 Å². The molecule has 3 N–H and O–H groups in total. The minimum Gasteiger partial charge on any atom is -0.363 e. The molecule has 0 saturated carbocycles. The Bertz CT molecular complexity index is 964. The summed E-state index contributed by atoms with van der Waals surface area (Å²) in [4.78, 5) is 37.2. The van der Waals surface area contributed by atoms with Crippen LogP contribution in [0.1, 0.15) is 21.6 Å². The van der Waals surface area contributed by atoms with E-state index < -0.39 is 23.6 Å². The first kappa shape index (κ1) is 18.5. The maximum Gasteiger partial charge on any atom is 0.287 e. The van der Waals surface area contributed by atoms with E-state index in [2.05, 4.69) is 10.5 Å². The van der Waals surface area contributed by atoms with E-state index >= 15 is 0 Å². The first-order valence-electron chi connectivity index (χ1n) is 8.16. The molecule has 0 saturated heterocycles. The summed E-state index contributed by atoms with van der Waals surface area (Å²) in [6.07, 6.45) is 0.146. The van der Waals surface area contributed by atoms with E-state index in [0.29, 0.717) is 11.5 Å². The van der Waals surface area contributed by atoms with Crippen LogP contribution in [0.25, 0.3) is 10.6 Å². The second-order valence-corrected chi connectivity index (χ2v) is 6.84. The lowest BCUT2D eigenvalue weighted by atomic mass is 10.0. The van der Waals surface area contributed by atoms with Crippen LogP contribution in [-0.2, 0) is 16.0 Å². The zero-order chi connectivity index (χ0) is 19.4. The van der Waals surface area contributed by atoms with Gasteiger partial charge in [0.15, 0.2) is 5.76 Å². The quantitative estimate of drug-likeness (QED) is 0.606. The molecular formula is C19H17N3O4S. The molecule has 2 aromatic heterocycles. The first-order valence-corrected chi connectivity index (χ1v) is 9.04. The maximum atomic E-state index is 12.9. The van der Waals surface area contributed by atoms with Crippen LogP contribution in [0.5, 0.6) is 0 Å². The lowest BCUT2D eigenvalue weighted by Gasteiger charge is -2.16. The number of aromatic nitrogens is 1. The van der Waals surface area contributed by atoms with Gasteiger partial charge in [0.1, 0.15) is 11.6 Å². The predicted molar refractivity (Wildman–Crippen MR) is 100 cm³/mol. The minimum atomic E-state index is -1.10. The van der Waals surface area contributed by atoms with Crippen molar-refractivity contribution in [2.24, 2.45) is 5.73 Å². The fraction of sp³-hybridized carbons (Fsp3) is 0.158. The zero-order valence-electron chi connectivity index (χ0n) is 14.5. The van der Waals surface area contributed by atoms with Crippen LogP contribution in [0.4, 0.5) is 0 Å². The molecule has 0 aliphatic carbocycles. The van der Waals surface area contributed by atoms with Crippen LogP contribution >= 0.6 is 11.3 Å². The molecule has 2 amide bonds. The number of amides is 2. The van der Waals surface area contributed by atoms with Gasteiger partial charge in [-0.05, 0) is 23.9 Å². The summed E-state index contributed by atoms with van der Waals surface area (Å²) in [5, 5.41) is 8.32. The molecule has 0 fully saturated rings. The number of hydrogen-bond acceptors (Lipinski definition) is 6. The van der Waals surface area contributed by atoms with E-state index in [1.54, 1.807) is 25.1 Å². The van der Waals surface area contributed by atoms with Crippen LogP contribution in [0.15, 0.2) is 52.4 Å². The number of hydrogen-bond donors (Lipinski definition) is 2. The van der Waals surface area contributed by atoms with Gasteiger partial charge in [-0.25, -0.2) is 0 Å². The number of ketones is 1. The normalized spacial score (nSPS) is 11.7. The number of primary amides is 1. The summed E-state index contributed by atoms with van der Waals surface area (Å²) in [5.41, 5.74) is 6.56. The van der Waals surface area contributed by atoms with Crippen LogP contribution in [0, 0.1) is 6.92 Å². The van der Waals surface area contributed by atoms with Crippen LogP contribution in [0.2, 0.25) is 0 Å². The highest BCUT2D eigenvalue weighted by atomic mass is 32.1. The molecule has 1 atom stereocenters. The SMILES string of the molecule is Cc1noc(-c2cccs2)c1C(=O)NC(Cc1ccccc1)C(=O)C(N)=O. The maximum absolute atomic E-state index is 12.9. The van der Waals surface area contributed by atoms with Gasteiger partial charge < -0.3 is 15.6 Å². The monoisotopic (exact) mass is 383 g/mol. The number of carbonyl (C=O) groups is 3. The number of nitrogens with zero attached hydrogens (tertiary/aromatic N) is 1. The highest BCUT2D eigenvalue weighted by Crippen LogP contribution is 2.30. The third-order valence-electron chi connectivity index (χ3n) is 3.98. The zero-order valence-corrected chi connectivity index (χ0v) is 15.3. The van der Waals surface area contributed by atoms with E-state index in [-0.39, 0.29) is 12.0 Å². The Balaban J connectivity index is 1.88. The van der Waals surface area contributed by atoms with Gasteiger partial charge in [-0.3, -0.25) is 14.4 Å². The number of nitrogens with two attached hydrogens (primary N) is 1. The van der Waals surface area contributed by atoms with E-state index in [4.69, 9.17) is 10.3 Å². The van der Waals surface area contributed by atoms with E-state index in [1.807, 2.05) is 29.6 Å². The fourth-order valence-corrected chi connectivity index (χ4v) is 3.38. The lowest BCUT2D eigenvalue weighted by Crippen LogP contribution is -2.47. The van der Waals surface area contributed by atoms with Crippen LogP contribution < -0.4 is 11.1 Å². The van der Waals surface area contributed by atoms with Gasteiger partial charge in [0.05, 0.1) is 10.6 Å². The first-order chi connectivity index (χ1) is 13.0. The molecule has 3 rings (SSSR count). The summed E-state index contributed by atoms with van der Waals surface area (Å²) < 4.78 is 5.29. The Morgan fingerprint density at radius 1 is 1.19 bits per heavy atom. The minimum absolute atomic E-state index is 0.146. The molecule has 1 unspecified atom stereocenters. The van der Waals surface area contributed by atoms with Crippen molar-refractivity contribution in [1.29, 1.82) is 0 Å². The Morgan fingerprint density at radius 2 is 1.93 bits per heavy atom. The Labute approximate surface area is 159 Å². The molecule has 0 aliphatic rings. The van der Waals surface area contributed by atoms with E-state index in [1.165, 1.54) is 11.3 Å². The molecule has 0 radical (unpaired) electrons. The average molecular weight is 383 g/mol. The van der Waals surface area contributed by atoms with Crippen molar-refractivity contribution < 1.29 is 18.9 Å². The molecule has 0 bridgehead atoms. The van der Waals surface area contributed by atoms with Gasteiger partial charge in [-0.15, -0.1) is 11.3 Å². The Morgan fingerprint density at radius 3 is 2.56 bits per heavy atom. The number of nitrogens with one attached hydrogen (secondary N) is 1. The number of thiophene rings is 1. The number of Topliss-reactive ketones (excluding diaryl/α,β-unsaturated/α-hetero) is 1. The number of carbonyl (C=O) groups excluding carboxylic acids is 3. The summed E-state index contributed by atoms with van der Waals surface area (Å²) in [6, 6.07) is 11.6. The molecule has 27 heavy (non-hydrogen) atoms. The van der Waals surface area contributed by atoms with Crippen LogP contribution in [0.3, 0.4) is 0 Å². The van der Waals surface area contributed by atoms with Crippen molar-refractivity contribution in [2.45, 2.75) is 19.4 Å². The third-order valence-corrected chi connectivity index (χ3v) is 4.85. The summed E-state index contributed by atoms with van der Waals surface area (Å²) >= 11 is 1.40. The van der Waals surface area contributed by atoms with Crippen molar-refractivity contribution in [3.8, 4) is 10.6 Å².